The molecule has 2 aromatic heterocycles. The number of carbonyl (C=O) groups excluding carboxylic acids is 1. The summed E-state index contributed by atoms with van der Waals surface area (Å²) in [6.45, 7) is 1.05. The molecule has 0 radical (unpaired) electrons. The Bertz CT molecular complexity index is 466. The van der Waals surface area contributed by atoms with Gasteiger partial charge < -0.3 is 9.73 Å². The highest BCUT2D eigenvalue weighted by molar-refractivity contribution is 9.10. The van der Waals surface area contributed by atoms with E-state index in [1.165, 1.54) is 0 Å². The van der Waals surface area contributed by atoms with Gasteiger partial charge >= 0.3 is 0 Å². The lowest BCUT2D eigenvalue weighted by Gasteiger charge is -2.02. The first kappa shape index (κ1) is 10.9. The van der Waals surface area contributed by atoms with E-state index in [4.69, 9.17) is 4.42 Å². The van der Waals surface area contributed by atoms with Crippen LogP contribution < -0.4 is 5.32 Å². The summed E-state index contributed by atoms with van der Waals surface area (Å²) < 4.78 is 7.28. The van der Waals surface area contributed by atoms with Crippen LogP contribution >= 0.6 is 15.9 Å². The number of furan rings is 1. The van der Waals surface area contributed by atoms with Crippen molar-refractivity contribution < 1.29 is 9.21 Å². The van der Waals surface area contributed by atoms with Gasteiger partial charge in [0.1, 0.15) is 0 Å². The molecule has 0 spiro atoms. The highest BCUT2D eigenvalue weighted by Gasteiger charge is 2.09. The average molecular weight is 285 g/mol. The second-order valence-corrected chi connectivity index (χ2v) is 3.81. The van der Waals surface area contributed by atoms with Gasteiger partial charge in [-0.2, -0.15) is 0 Å². The van der Waals surface area contributed by atoms with Gasteiger partial charge in [0, 0.05) is 12.7 Å². The van der Waals surface area contributed by atoms with Gasteiger partial charge in [0.15, 0.2) is 10.4 Å². The third-order valence-corrected chi connectivity index (χ3v) is 2.32. The zero-order valence-corrected chi connectivity index (χ0v) is 9.85. The van der Waals surface area contributed by atoms with Gasteiger partial charge in [-0.15, -0.1) is 5.10 Å². The summed E-state index contributed by atoms with van der Waals surface area (Å²) in [7, 11) is 0. The van der Waals surface area contributed by atoms with Crippen molar-refractivity contribution >= 4 is 21.8 Å². The quantitative estimate of drug-likeness (QED) is 0.911. The first-order valence-corrected chi connectivity index (χ1v) is 5.42. The molecule has 0 bridgehead atoms. The van der Waals surface area contributed by atoms with Crippen molar-refractivity contribution in [2.24, 2.45) is 0 Å². The van der Waals surface area contributed by atoms with E-state index in [0.717, 1.165) is 0 Å². The van der Waals surface area contributed by atoms with Crippen LogP contribution in [0.4, 0.5) is 0 Å². The molecular formula is C9H9BrN4O2. The molecule has 16 heavy (non-hydrogen) atoms. The number of nitrogens with zero attached hydrogens (tertiary/aromatic N) is 3. The average Bonchev–Trinajstić information content (AvgIpc) is 2.89. The van der Waals surface area contributed by atoms with E-state index in [0.29, 0.717) is 17.8 Å². The molecule has 84 valence electrons. The van der Waals surface area contributed by atoms with E-state index in [9.17, 15) is 4.79 Å². The Labute approximate surface area is 99.8 Å². The van der Waals surface area contributed by atoms with Crippen LogP contribution in [0, 0.1) is 0 Å². The predicted molar refractivity (Wildman–Crippen MR) is 58.8 cm³/mol. The largest absolute Gasteiger partial charge is 0.444 e. The lowest BCUT2D eigenvalue weighted by molar-refractivity contribution is 0.0923. The molecule has 6 nitrogen and oxygen atoms in total. The smallest absolute Gasteiger partial charge is 0.287 e. The van der Waals surface area contributed by atoms with Crippen molar-refractivity contribution in [2.75, 3.05) is 6.54 Å². The van der Waals surface area contributed by atoms with Gasteiger partial charge in [0.25, 0.3) is 5.91 Å². The molecule has 0 aliphatic carbocycles. The minimum absolute atomic E-state index is 0.245. The van der Waals surface area contributed by atoms with Gasteiger partial charge in [-0.3, -0.25) is 9.48 Å². The van der Waals surface area contributed by atoms with Crippen LogP contribution in [-0.2, 0) is 6.54 Å². The molecule has 0 unspecified atom stereocenters. The summed E-state index contributed by atoms with van der Waals surface area (Å²) >= 11 is 3.13. The third-order valence-electron chi connectivity index (χ3n) is 1.90. The molecule has 2 heterocycles. The lowest BCUT2D eigenvalue weighted by atomic mass is 10.4. The van der Waals surface area contributed by atoms with Crippen molar-refractivity contribution in [3.63, 3.8) is 0 Å². The number of carbonyl (C=O) groups is 1. The summed E-state index contributed by atoms with van der Waals surface area (Å²) in [4.78, 5) is 11.5. The van der Waals surface area contributed by atoms with Crippen LogP contribution in [-0.4, -0.2) is 27.4 Å². The molecule has 0 aromatic carbocycles. The molecule has 2 aromatic rings. The lowest BCUT2D eigenvalue weighted by Crippen LogP contribution is -2.27. The highest BCUT2D eigenvalue weighted by atomic mass is 79.9. The van der Waals surface area contributed by atoms with Crippen molar-refractivity contribution in [1.82, 2.24) is 20.3 Å². The molecule has 7 heteroatoms. The van der Waals surface area contributed by atoms with Crippen molar-refractivity contribution in [1.29, 1.82) is 0 Å². The summed E-state index contributed by atoms with van der Waals surface area (Å²) in [6.07, 6.45) is 3.32. The molecule has 0 saturated carbocycles. The third kappa shape index (κ3) is 2.69. The molecule has 1 N–H and O–H groups in total. The number of amides is 1. The minimum atomic E-state index is -0.245. The molecule has 0 aliphatic rings. The van der Waals surface area contributed by atoms with Gasteiger partial charge in [-0.1, -0.05) is 5.21 Å². The van der Waals surface area contributed by atoms with Crippen molar-refractivity contribution in [3.8, 4) is 0 Å². The maximum absolute atomic E-state index is 11.5. The SMILES string of the molecule is O=C(NCCn1ccnn1)c1ccc(Br)o1. The number of rotatable bonds is 4. The Morgan fingerprint density at radius 2 is 2.44 bits per heavy atom. The second-order valence-electron chi connectivity index (χ2n) is 3.03. The van der Waals surface area contributed by atoms with Crippen LogP contribution in [0.2, 0.25) is 0 Å². The number of nitrogens with one attached hydrogen (secondary N) is 1. The van der Waals surface area contributed by atoms with Crippen molar-refractivity contribution in [2.45, 2.75) is 6.54 Å². The number of hydrogen-bond donors (Lipinski definition) is 1. The molecule has 0 saturated heterocycles. The van der Waals surface area contributed by atoms with E-state index in [-0.39, 0.29) is 11.7 Å². The zero-order valence-electron chi connectivity index (χ0n) is 8.26. The Morgan fingerprint density at radius 3 is 3.06 bits per heavy atom. The van der Waals surface area contributed by atoms with Crippen LogP contribution in [0.15, 0.2) is 33.6 Å². The van der Waals surface area contributed by atoms with E-state index in [1.807, 2.05) is 0 Å². The van der Waals surface area contributed by atoms with E-state index >= 15 is 0 Å². The molecule has 1 amide bonds. The Morgan fingerprint density at radius 1 is 1.56 bits per heavy atom. The van der Waals surface area contributed by atoms with Gasteiger partial charge in [-0.25, -0.2) is 0 Å². The normalized spacial score (nSPS) is 10.3. The maximum atomic E-state index is 11.5. The van der Waals surface area contributed by atoms with E-state index < -0.39 is 0 Å². The molecule has 0 atom stereocenters. The van der Waals surface area contributed by atoms with Crippen LogP contribution in [0.3, 0.4) is 0 Å². The summed E-state index contributed by atoms with van der Waals surface area (Å²) in [5.41, 5.74) is 0. The minimum Gasteiger partial charge on any atom is -0.444 e. The monoisotopic (exact) mass is 284 g/mol. The van der Waals surface area contributed by atoms with Crippen molar-refractivity contribution in [3.05, 3.63) is 35.0 Å². The topological polar surface area (TPSA) is 73.0 Å². The van der Waals surface area contributed by atoms with Gasteiger partial charge in [0.2, 0.25) is 0 Å². The molecule has 0 aliphatic heterocycles. The Balaban J connectivity index is 1.80. The Kier molecular flexibility index (Phi) is 3.35. The number of hydrogen-bond acceptors (Lipinski definition) is 4. The fraction of sp³-hybridized carbons (Fsp3) is 0.222. The zero-order chi connectivity index (χ0) is 11.4. The number of halogens is 1. The fourth-order valence-electron chi connectivity index (χ4n) is 1.16. The first-order valence-electron chi connectivity index (χ1n) is 4.63. The van der Waals surface area contributed by atoms with Gasteiger partial charge in [0.05, 0.1) is 12.7 Å². The van der Waals surface area contributed by atoms with E-state index in [1.54, 1.807) is 29.2 Å². The van der Waals surface area contributed by atoms with Gasteiger partial charge in [-0.05, 0) is 28.1 Å². The molecule has 0 fully saturated rings. The van der Waals surface area contributed by atoms with Crippen LogP contribution in [0.25, 0.3) is 0 Å². The van der Waals surface area contributed by atoms with Crippen LogP contribution in [0.5, 0.6) is 0 Å². The Hall–Kier alpha value is -1.63. The summed E-state index contributed by atoms with van der Waals surface area (Å²) in [5, 5.41) is 10.1. The number of aromatic nitrogens is 3. The molecular weight excluding hydrogens is 276 g/mol. The van der Waals surface area contributed by atoms with Crippen LogP contribution in [0.1, 0.15) is 10.6 Å². The van der Waals surface area contributed by atoms with E-state index in [2.05, 4.69) is 31.6 Å². The highest BCUT2D eigenvalue weighted by Crippen LogP contribution is 2.13. The summed E-state index contributed by atoms with van der Waals surface area (Å²) in [6, 6.07) is 3.28. The fourth-order valence-corrected chi connectivity index (χ4v) is 1.47. The first-order chi connectivity index (χ1) is 7.75. The standard InChI is InChI=1S/C9H9BrN4O2/c10-8-2-1-7(16-8)9(15)11-3-5-14-6-4-12-13-14/h1-2,4,6H,3,5H2,(H,11,15). The maximum Gasteiger partial charge on any atom is 0.287 e. The second kappa shape index (κ2) is 4.93. The molecule has 2 rings (SSSR count). The summed E-state index contributed by atoms with van der Waals surface area (Å²) in [5.74, 6) is 0.0382. The predicted octanol–water partition coefficient (Wildman–Crippen LogP) is 1.06.